The van der Waals surface area contributed by atoms with Crippen molar-refractivity contribution in [3.05, 3.63) is 34.9 Å². The fourth-order valence-electron chi connectivity index (χ4n) is 1.91. The van der Waals surface area contributed by atoms with Crippen LogP contribution in [-0.4, -0.2) is 18.3 Å². The van der Waals surface area contributed by atoms with E-state index in [2.05, 4.69) is 30.4 Å². The predicted octanol–water partition coefficient (Wildman–Crippen LogP) is 1.43. The summed E-state index contributed by atoms with van der Waals surface area (Å²) in [6.07, 6.45) is 1.11. The van der Waals surface area contributed by atoms with Gasteiger partial charge < -0.3 is 10.4 Å². The molecule has 0 amide bonds. The smallest absolute Gasteiger partial charge is 0.0497 e. The minimum absolute atomic E-state index is 0.233. The molecule has 2 heteroatoms. The van der Waals surface area contributed by atoms with Gasteiger partial charge in [0, 0.05) is 19.1 Å². The zero-order valence-electron chi connectivity index (χ0n) is 8.59. The molecule has 0 saturated carbocycles. The van der Waals surface area contributed by atoms with Crippen LogP contribution < -0.4 is 5.32 Å². The topological polar surface area (TPSA) is 32.3 Å². The van der Waals surface area contributed by atoms with Crippen LogP contribution in [-0.2, 0) is 13.0 Å². The van der Waals surface area contributed by atoms with E-state index in [-0.39, 0.29) is 12.5 Å². The molecule has 0 saturated heterocycles. The third-order valence-corrected chi connectivity index (χ3v) is 2.96. The summed E-state index contributed by atoms with van der Waals surface area (Å²) in [7, 11) is 0. The van der Waals surface area contributed by atoms with E-state index >= 15 is 0 Å². The summed E-state index contributed by atoms with van der Waals surface area (Å²) in [5, 5.41) is 12.4. The van der Waals surface area contributed by atoms with Crippen molar-refractivity contribution in [2.45, 2.75) is 25.8 Å². The van der Waals surface area contributed by atoms with Crippen molar-refractivity contribution in [3.63, 3.8) is 0 Å². The third kappa shape index (κ3) is 1.81. The van der Waals surface area contributed by atoms with Crippen molar-refractivity contribution in [3.8, 4) is 0 Å². The van der Waals surface area contributed by atoms with Crippen LogP contribution in [0, 0.1) is 0 Å². The molecule has 0 aliphatic carbocycles. The van der Waals surface area contributed by atoms with Crippen LogP contribution in [0.5, 0.6) is 0 Å². The molecule has 0 aromatic heterocycles. The molecule has 2 N–H and O–H groups in total. The van der Waals surface area contributed by atoms with Crippen molar-refractivity contribution in [1.82, 2.24) is 5.32 Å². The van der Waals surface area contributed by atoms with Gasteiger partial charge in [0.1, 0.15) is 0 Å². The maximum Gasteiger partial charge on any atom is 0.0497 e. The number of aliphatic hydroxyl groups excluding tert-OH is 1. The molecule has 1 aromatic rings. The zero-order valence-corrected chi connectivity index (χ0v) is 8.59. The number of hydrogen-bond acceptors (Lipinski definition) is 2. The Morgan fingerprint density at radius 2 is 2.29 bits per heavy atom. The van der Waals surface area contributed by atoms with Crippen LogP contribution >= 0.6 is 0 Å². The second kappa shape index (κ2) is 4.11. The molecule has 1 aliphatic rings. The summed E-state index contributed by atoms with van der Waals surface area (Å²) in [6.45, 7) is 4.35. The van der Waals surface area contributed by atoms with Crippen molar-refractivity contribution >= 4 is 0 Å². The van der Waals surface area contributed by atoms with Gasteiger partial charge in [0.2, 0.25) is 0 Å². The Balaban J connectivity index is 2.29. The van der Waals surface area contributed by atoms with E-state index in [0.29, 0.717) is 0 Å². The van der Waals surface area contributed by atoms with Crippen LogP contribution in [0.4, 0.5) is 0 Å². The number of aliphatic hydroxyl groups is 1. The predicted molar refractivity (Wildman–Crippen MR) is 57.4 cm³/mol. The van der Waals surface area contributed by atoms with E-state index < -0.39 is 0 Å². The van der Waals surface area contributed by atoms with Gasteiger partial charge in [0.25, 0.3) is 0 Å². The fourth-order valence-corrected chi connectivity index (χ4v) is 1.91. The van der Waals surface area contributed by atoms with Gasteiger partial charge in [-0.3, -0.25) is 0 Å². The van der Waals surface area contributed by atoms with Crippen molar-refractivity contribution in [1.29, 1.82) is 0 Å². The van der Waals surface area contributed by atoms with Gasteiger partial charge in [-0.2, -0.15) is 0 Å². The summed E-state index contributed by atoms with van der Waals surface area (Å²) in [6, 6.07) is 6.56. The summed E-state index contributed by atoms with van der Waals surface area (Å²) < 4.78 is 0. The van der Waals surface area contributed by atoms with Crippen LogP contribution in [0.3, 0.4) is 0 Å². The molecule has 0 spiro atoms. The highest BCUT2D eigenvalue weighted by Gasteiger charge is 2.11. The van der Waals surface area contributed by atoms with Crippen LogP contribution in [0.2, 0.25) is 0 Å². The Labute approximate surface area is 85.0 Å². The lowest BCUT2D eigenvalue weighted by Gasteiger charge is -2.19. The Kier molecular flexibility index (Phi) is 2.85. The number of benzene rings is 1. The highest BCUT2D eigenvalue weighted by molar-refractivity contribution is 5.35. The lowest BCUT2D eigenvalue weighted by Crippen LogP contribution is -2.23. The van der Waals surface area contributed by atoms with Crippen molar-refractivity contribution in [2.24, 2.45) is 0 Å². The maximum atomic E-state index is 9.08. The molecular weight excluding hydrogens is 174 g/mol. The lowest BCUT2D eigenvalue weighted by atomic mass is 9.93. The molecular formula is C12H17NO. The summed E-state index contributed by atoms with van der Waals surface area (Å²) in [5.41, 5.74) is 4.11. The minimum Gasteiger partial charge on any atom is -0.396 e. The normalized spacial score (nSPS) is 17.6. The van der Waals surface area contributed by atoms with Crippen LogP contribution in [0.1, 0.15) is 29.5 Å². The SMILES string of the molecule is CC(CO)c1ccc2c(c1)CCNC2. The largest absolute Gasteiger partial charge is 0.396 e. The van der Waals surface area contributed by atoms with Gasteiger partial charge in [0.05, 0.1) is 0 Å². The molecule has 1 unspecified atom stereocenters. The first-order chi connectivity index (χ1) is 6.81. The summed E-state index contributed by atoms with van der Waals surface area (Å²) in [5.74, 6) is 0.259. The molecule has 1 aliphatic heterocycles. The van der Waals surface area contributed by atoms with E-state index in [0.717, 1.165) is 19.5 Å². The van der Waals surface area contributed by atoms with Gasteiger partial charge in [-0.1, -0.05) is 25.1 Å². The highest BCUT2D eigenvalue weighted by atomic mass is 16.3. The first kappa shape index (κ1) is 9.69. The fraction of sp³-hybridized carbons (Fsp3) is 0.500. The Morgan fingerprint density at radius 1 is 1.43 bits per heavy atom. The van der Waals surface area contributed by atoms with Gasteiger partial charge in [-0.05, 0) is 29.7 Å². The monoisotopic (exact) mass is 191 g/mol. The molecule has 14 heavy (non-hydrogen) atoms. The lowest BCUT2D eigenvalue weighted by molar-refractivity contribution is 0.273. The second-order valence-electron chi connectivity index (χ2n) is 4.04. The second-order valence-corrected chi connectivity index (χ2v) is 4.04. The number of nitrogens with one attached hydrogen (secondary N) is 1. The van der Waals surface area contributed by atoms with E-state index in [1.54, 1.807) is 0 Å². The van der Waals surface area contributed by atoms with E-state index in [1.165, 1.54) is 16.7 Å². The number of hydrogen-bond donors (Lipinski definition) is 2. The van der Waals surface area contributed by atoms with E-state index in [1.807, 2.05) is 0 Å². The molecule has 2 nitrogen and oxygen atoms in total. The Hall–Kier alpha value is -0.860. The molecule has 0 bridgehead atoms. The van der Waals surface area contributed by atoms with Gasteiger partial charge >= 0.3 is 0 Å². The molecule has 76 valence electrons. The molecule has 0 fully saturated rings. The quantitative estimate of drug-likeness (QED) is 0.741. The van der Waals surface area contributed by atoms with Crippen molar-refractivity contribution in [2.75, 3.05) is 13.2 Å². The molecule has 0 radical (unpaired) electrons. The third-order valence-electron chi connectivity index (χ3n) is 2.96. The average molecular weight is 191 g/mol. The van der Waals surface area contributed by atoms with Gasteiger partial charge in [0.15, 0.2) is 0 Å². The average Bonchev–Trinajstić information content (AvgIpc) is 2.27. The van der Waals surface area contributed by atoms with Crippen LogP contribution in [0.25, 0.3) is 0 Å². The maximum absolute atomic E-state index is 9.08. The first-order valence-corrected chi connectivity index (χ1v) is 5.24. The number of rotatable bonds is 2. The molecule has 1 aromatic carbocycles. The molecule has 2 rings (SSSR count). The molecule has 1 heterocycles. The van der Waals surface area contributed by atoms with E-state index in [4.69, 9.17) is 5.11 Å². The van der Waals surface area contributed by atoms with Gasteiger partial charge in [-0.25, -0.2) is 0 Å². The summed E-state index contributed by atoms with van der Waals surface area (Å²) >= 11 is 0. The Bertz CT molecular complexity index is 322. The van der Waals surface area contributed by atoms with Gasteiger partial charge in [-0.15, -0.1) is 0 Å². The number of fused-ring (bicyclic) bond motifs is 1. The zero-order chi connectivity index (χ0) is 9.97. The van der Waals surface area contributed by atoms with Crippen molar-refractivity contribution < 1.29 is 5.11 Å². The highest BCUT2D eigenvalue weighted by Crippen LogP contribution is 2.21. The van der Waals surface area contributed by atoms with E-state index in [9.17, 15) is 0 Å². The minimum atomic E-state index is 0.233. The molecule has 1 atom stereocenters. The first-order valence-electron chi connectivity index (χ1n) is 5.24. The summed E-state index contributed by atoms with van der Waals surface area (Å²) in [4.78, 5) is 0. The van der Waals surface area contributed by atoms with Crippen LogP contribution in [0.15, 0.2) is 18.2 Å². The standard InChI is InChI=1S/C12H17NO/c1-9(8-14)10-2-3-12-7-13-5-4-11(12)6-10/h2-3,6,9,13-14H,4-5,7-8H2,1H3. The Morgan fingerprint density at radius 3 is 3.07 bits per heavy atom.